The number of nitrogens with zero attached hydrogens (tertiary/aromatic N) is 2. The van der Waals surface area contributed by atoms with Crippen molar-refractivity contribution in [2.24, 2.45) is 5.92 Å². The molecule has 2 rings (SSSR count). The molecule has 108 valence electrons. The number of aryl methyl sites for hydroxylation is 1. The lowest BCUT2D eigenvalue weighted by Crippen LogP contribution is -2.31. The highest BCUT2D eigenvalue weighted by molar-refractivity contribution is 5.70. The van der Waals surface area contributed by atoms with Crippen LogP contribution in [0.1, 0.15) is 31.2 Å². The van der Waals surface area contributed by atoms with E-state index in [0.717, 1.165) is 12.8 Å². The molecule has 1 heterocycles. The standard InChI is InChI=1S/C13H17N3O4/c1-8-7-14-12(6-11(8)16(19)20)15-10-4-2-3-9(5-10)13(17)18/h6-7,9-10H,2-5H2,1H3,(H,14,15)(H,17,18). The van der Waals surface area contributed by atoms with Crippen LogP contribution in [0.2, 0.25) is 0 Å². The number of aliphatic carboxylic acids is 1. The van der Waals surface area contributed by atoms with E-state index in [9.17, 15) is 14.9 Å². The van der Waals surface area contributed by atoms with Gasteiger partial charge in [0.05, 0.1) is 16.9 Å². The number of carboxylic acid groups (broad SMARTS) is 1. The highest BCUT2D eigenvalue weighted by Gasteiger charge is 2.27. The van der Waals surface area contributed by atoms with E-state index in [1.165, 1.54) is 12.3 Å². The SMILES string of the molecule is Cc1cnc(NC2CCCC(C(=O)O)C2)cc1[N+](=O)[O-]. The maximum Gasteiger partial charge on any atom is 0.306 e. The maximum absolute atomic E-state index is 11.0. The minimum atomic E-state index is -0.778. The fourth-order valence-electron chi connectivity index (χ4n) is 2.54. The molecule has 2 N–H and O–H groups in total. The Morgan fingerprint density at radius 2 is 2.30 bits per heavy atom. The van der Waals surface area contributed by atoms with Gasteiger partial charge in [0.1, 0.15) is 5.82 Å². The Morgan fingerprint density at radius 3 is 2.95 bits per heavy atom. The van der Waals surface area contributed by atoms with Crippen LogP contribution in [-0.4, -0.2) is 27.0 Å². The fraction of sp³-hybridized carbons (Fsp3) is 0.538. The van der Waals surface area contributed by atoms with Crippen molar-refractivity contribution in [3.05, 3.63) is 27.9 Å². The van der Waals surface area contributed by atoms with Crippen LogP contribution < -0.4 is 5.32 Å². The molecule has 0 saturated heterocycles. The van der Waals surface area contributed by atoms with Gasteiger partial charge < -0.3 is 10.4 Å². The van der Waals surface area contributed by atoms with Crippen LogP contribution in [0, 0.1) is 23.0 Å². The summed E-state index contributed by atoms with van der Waals surface area (Å²) in [5, 5.41) is 23.0. The predicted molar refractivity (Wildman–Crippen MR) is 72.6 cm³/mol. The van der Waals surface area contributed by atoms with Crippen molar-refractivity contribution < 1.29 is 14.8 Å². The molecule has 1 fully saturated rings. The van der Waals surface area contributed by atoms with Gasteiger partial charge in [-0.15, -0.1) is 0 Å². The zero-order chi connectivity index (χ0) is 14.7. The minimum Gasteiger partial charge on any atom is -0.481 e. The molecule has 0 aliphatic heterocycles. The number of nitrogens with one attached hydrogen (secondary N) is 1. The summed E-state index contributed by atoms with van der Waals surface area (Å²) in [6.07, 6.45) is 4.36. The summed E-state index contributed by atoms with van der Waals surface area (Å²) in [5.41, 5.74) is 0.528. The van der Waals surface area contributed by atoms with E-state index < -0.39 is 10.9 Å². The number of anilines is 1. The Labute approximate surface area is 116 Å². The molecule has 2 atom stereocenters. The first kappa shape index (κ1) is 14.2. The molecule has 1 aliphatic carbocycles. The van der Waals surface area contributed by atoms with E-state index in [1.807, 2.05) is 0 Å². The van der Waals surface area contributed by atoms with Gasteiger partial charge in [-0.05, 0) is 26.2 Å². The minimum absolute atomic E-state index is 0.000315. The van der Waals surface area contributed by atoms with E-state index in [2.05, 4.69) is 10.3 Å². The van der Waals surface area contributed by atoms with Gasteiger partial charge in [0.2, 0.25) is 0 Å². The van der Waals surface area contributed by atoms with Crippen LogP contribution >= 0.6 is 0 Å². The number of aromatic nitrogens is 1. The predicted octanol–water partition coefficient (Wildman–Crippen LogP) is 2.35. The summed E-state index contributed by atoms with van der Waals surface area (Å²) in [6, 6.07) is 1.40. The molecule has 7 heteroatoms. The summed E-state index contributed by atoms with van der Waals surface area (Å²) in [5.74, 6) is -0.695. The summed E-state index contributed by atoms with van der Waals surface area (Å²) in [6.45, 7) is 1.63. The lowest BCUT2D eigenvalue weighted by atomic mass is 9.86. The molecule has 1 aromatic heterocycles. The van der Waals surface area contributed by atoms with Crippen LogP contribution in [0.3, 0.4) is 0 Å². The number of carboxylic acids is 1. The molecule has 0 aromatic carbocycles. The smallest absolute Gasteiger partial charge is 0.306 e. The maximum atomic E-state index is 11.0. The second-order valence-electron chi connectivity index (χ2n) is 5.16. The van der Waals surface area contributed by atoms with Gasteiger partial charge in [-0.1, -0.05) is 6.42 Å². The number of carbonyl (C=O) groups is 1. The van der Waals surface area contributed by atoms with E-state index in [0.29, 0.717) is 24.2 Å². The van der Waals surface area contributed by atoms with Crippen molar-refractivity contribution in [2.45, 2.75) is 38.6 Å². The van der Waals surface area contributed by atoms with Gasteiger partial charge in [-0.25, -0.2) is 4.98 Å². The summed E-state index contributed by atoms with van der Waals surface area (Å²) < 4.78 is 0. The summed E-state index contributed by atoms with van der Waals surface area (Å²) in [7, 11) is 0. The van der Waals surface area contributed by atoms with Crippen LogP contribution in [0.4, 0.5) is 11.5 Å². The lowest BCUT2D eigenvalue weighted by molar-refractivity contribution is -0.385. The summed E-state index contributed by atoms with van der Waals surface area (Å²) in [4.78, 5) is 25.6. The third-order valence-electron chi connectivity index (χ3n) is 3.65. The average Bonchev–Trinajstić information content (AvgIpc) is 2.41. The van der Waals surface area contributed by atoms with E-state index in [-0.39, 0.29) is 17.6 Å². The molecule has 20 heavy (non-hydrogen) atoms. The molecule has 0 amide bonds. The molecule has 1 saturated carbocycles. The topological polar surface area (TPSA) is 105 Å². The second kappa shape index (κ2) is 5.85. The number of nitro groups is 1. The Hall–Kier alpha value is -2.18. The molecule has 0 spiro atoms. The molecule has 1 aliphatic rings. The van der Waals surface area contributed by atoms with E-state index >= 15 is 0 Å². The van der Waals surface area contributed by atoms with Crippen molar-refractivity contribution in [2.75, 3.05) is 5.32 Å². The summed E-state index contributed by atoms with van der Waals surface area (Å²) >= 11 is 0. The fourth-order valence-corrected chi connectivity index (χ4v) is 2.54. The van der Waals surface area contributed by atoms with E-state index in [1.54, 1.807) is 6.92 Å². The normalized spacial score (nSPS) is 22.2. The Morgan fingerprint density at radius 1 is 1.55 bits per heavy atom. The van der Waals surface area contributed by atoms with Crippen molar-refractivity contribution in [3.63, 3.8) is 0 Å². The zero-order valence-corrected chi connectivity index (χ0v) is 11.2. The van der Waals surface area contributed by atoms with Crippen LogP contribution in [0.15, 0.2) is 12.3 Å². The van der Waals surface area contributed by atoms with Crippen LogP contribution in [-0.2, 0) is 4.79 Å². The first-order valence-corrected chi connectivity index (χ1v) is 6.57. The Balaban J connectivity index is 2.08. The van der Waals surface area contributed by atoms with Crippen LogP contribution in [0.5, 0.6) is 0 Å². The number of hydrogen-bond acceptors (Lipinski definition) is 5. The van der Waals surface area contributed by atoms with Crippen LogP contribution in [0.25, 0.3) is 0 Å². The highest BCUT2D eigenvalue weighted by atomic mass is 16.6. The molecule has 2 unspecified atom stereocenters. The van der Waals surface area contributed by atoms with Crippen molar-refractivity contribution in [3.8, 4) is 0 Å². The number of hydrogen-bond donors (Lipinski definition) is 2. The van der Waals surface area contributed by atoms with Crippen molar-refractivity contribution >= 4 is 17.5 Å². The Bertz CT molecular complexity index is 532. The molecule has 1 aromatic rings. The molecular formula is C13H17N3O4. The third kappa shape index (κ3) is 3.23. The van der Waals surface area contributed by atoms with Gasteiger partial charge in [0.15, 0.2) is 0 Å². The third-order valence-corrected chi connectivity index (χ3v) is 3.65. The monoisotopic (exact) mass is 279 g/mol. The largest absolute Gasteiger partial charge is 0.481 e. The highest BCUT2D eigenvalue weighted by Crippen LogP contribution is 2.27. The van der Waals surface area contributed by atoms with Crippen molar-refractivity contribution in [1.29, 1.82) is 0 Å². The first-order valence-electron chi connectivity index (χ1n) is 6.57. The molecule has 0 radical (unpaired) electrons. The molecule has 0 bridgehead atoms. The van der Waals surface area contributed by atoms with Gasteiger partial charge in [0.25, 0.3) is 5.69 Å². The molecule has 7 nitrogen and oxygen atoms in total. The zero-order valence-electron chi connectivity index (χ0n) is 11.2. The lowest BCUT2D eigenvalue weighted by Gasteiger charge is -2.27. The van der Waals surface area contributed by atoms with Gasteiger partial charge in [0, 0.05) is 17.8 Å². The van der Waals surface area contributed by atoms with Gasteiger partial charge in [-0.3, -0.25) is 14.9 Å². The molecular weight excluding hydrogens is 262 g/mol. The Kier molecular flexibility index (Phi) is 4.16. The first-order chi connectivity index (χ1) is 9.47. The number of pyridine rings is 1. The second-order valence-corrected chi connectivity index (χ2v) is 5.16. The van der Waals surface area contributed by atoms with Crippen molar-refractivity contribution in [1.82, 2.24) is 4.98 Å². The quantitative estimate of drug-likeness (QED) is 0.647. The van der Waals surface area contributed by atoms with Gasteiger partial charge >= 0.3 is 5.97 Å². The number of rotatable bonds is 4. The van der Waals surface area contributed by atoms with E-state index in [4.69, 9.17) is 5.11 Å². The van der Waals surface area contributed by atoms with Gasteiger partial charge in [-0.2, -0.15) is 0 Å². The average molecular weight is 279 g/mol.